The van der Waals surface area contributed by atoms with Crippen LogP contribution in [0.15, 0.2) is 78.0 Å². The van der Waals surface area contributed by atoms with E-state index >= 15 is 0 Å². The highest BCUT2D eigenvalue weighted by atomic mass is 32.2. The average molecular weight is 682 g/mol. The van der Waals surface area contributed by atoms with Crippen molar-refractivity contribution in [3.05, 3.63) is 84.2 Å². The van der Waals surface area contributed by atoms with Crippen molar-refractivity contribution in [3.63, 3.8) is 0 Å². The topological polar surface area (TPSA) is 111 Å². The lowest BCUT2D eigenvalue weighted by Gasteiger charge is -2.21. The Morgan fingerprint density at radius 3 is 2.43 bits per heavy atom. The molecule has 0 spiro atoms. The van der Waals surface area contributed by atoms with E-state index in [1.807, 2.05) is 0 Å². The standard InChI is InChI=1S/C30H25F6N5O5S/c1-18-2-11-24(45-16-29(31,32)33)23(14-18)41-25(42)15-47-27(41)38-28(43)44-13-12-19-3-5-20(6-4-19)26-37-17-40(39-26)21-7-9-22(10-8-21)46-30(34,35)36/h2-11,14,17,28,43H,12-13,15-16H2,1H3. The van der Waals surface area contributed by atoms with Crippen molar-refractivity contribution in [2.75, 3.05) is 23.9 Å². The number of anilines is 1. The molecule has 0 saturated carbocycles. The number of rotatable bonds is 11. The Bertz CT molecular complexity index is 1730. The van der Waals surface area contributed by atoms with E-state index in [0.29, 0.717) is 29.1 Å². The van der Waals surface area contributed by atoms with E-state index in [0.717, 1.165) is 22.2 Å². The van der Waals surface area contributed by atoms with Gasteiger partial charge in [0, 0.05) is 5.56 Å². The monoisotopic (exact) mass is 681 g/mol. The maximum absolute atomic E-state index is 12.8. The molecule has 10 nitrogen and oxygen atoms in total. The van der Waals surface area contributed by atoms with E-state index in [1.54, 1.807) is 37.3 Å². The van der Waals surface area contributed by atoms with Crippen LogP contribution >= 0.6 is 11.8 Å². The van der Waals surface area contributed by atoms with Gasteiger partial charge in [0.15, 0.2) is 17.6 Å². The Kier molecular flexibility index (Phi) is 10.1. The molecule has 17 heteroatoms. The third kappa shape index (κ3) is 9.24. The summed E-state index contributed by atoms with van der Waals surface area (Å²) in [6.07, 6.45) is -9.23. The normalized spacial score (nSPS) is 15.4. The number of amides is 1. The van der Waals surface area contributed by atoms with Gasteiger partial charge >= 0.3 is 12.5 Å². The van der Waals surface area contributed by atoms with Crippen LogP contribution in [0, 0.1) is 6.92 Å². The zero-order valence-corrected chi connectivity index (χ0v) is 25.1. The molecule has 3 aromatic carbocycles. The summed E-state index contributed by atoms with van der Waals surface area (Å²) in [4.78, 5) is 22.1. The fourth-order valence-electron chi connectivity index (χ4n) is 4.33. The van der Waals surface area contributed by atoms with Crippen LogP contribution in [-0.4, -0.2) is 68.9 Å². The zero-order valence-electron chi connectivity index (χ0n) is 24.3. The van der Waals surface area contributed by atoms with E-state index in [1.165, 1.54) is 47.4 Å². The Labute approximate surface area is 267 Å². The summed E-state index contributed by atoms with van der Waals surface area (Å²) in [5.74, 6) is -0.628. The summed E-state index contributed by atoms with van der Waals surface area (Å²) in [5, 5.41) is 14.8. The molecular formula is C30H25F6N5O5S. The number of aliphatic imine (C=N–C) groups is 1. The minimum absolute atomic E-state index is 0.0408. The first-order valence-corrected chi connectivity index (χ1v) is 14.7. The highest BCUT2D eigenvalue weighted by Gasteiger charge is 2.34. The van der Waals surface area contributed by atoms with E-state index in [9.17, 15) is 36.2 Å². The van der Waals surface area contributed by atoms with Crippen molar-refractivity contribution in [2.45, 2.75) is 32.3 Å². The number of carbonyl (C=O) groups is 1. The van der Waals surface area contributed by atoms with Crippen molar-refractivity contribution < 1.29 is 50.5 Å². The van der Waals surface area contributed by atoms with Crippen LogP contribution < -0.4 is 14.4 Å². The molecule has 1 unspecified atom stereocenters. The highest BCUT2D eigenvalue weighted by molar-refractivity contribution is 8.15. The molecule has 1 fully saturated rings. The van der Waals surface area contributed by atoms with Gasteiger partial charge in [-0.2, -0.15) is 13.2 Å². The molecule has 5 rings (SSSR count). The molecule has 1 saturated heterocycles. The summed E-state index contributed by atoms with van der Waals surface area (Å²) in [7, 11) is 0. The first-order valence-electron chi connectivity index (χ1n) is 13.7. The molecule has 1 amide bonds. The number of nitrogens with zero attached hydrogens (tertiary/aromatic N) is 5. The van der Waals surface area contributed by atoms with Gasteiger partial charge in [-0.3, -0.25) is 9.69 Å². The summed E-state index contributed by atoms with van der Waals surface area (Å²) in [6.45, 7) is 0.206. The third-order valence-corrected chi connectivity index (χ3v) is 7.37. The van der Waals surface area contributed by atoms with Gasteiger partial charge in [0.2, 0.25) is 5.91 Å². The second kappa shape index (κ2) is 14.0. The molecule has 1 N–H and O–H groups in total. The van der Waals surface area contributed by atoms with Crippen LogP contribution in [0.5, 0.6) is 11.5 Å². The smallest absolute Gasteiger partial charge is 0.482 e. The molecule has 1 atom stereocenters. The number of hydrogen-bond acceptors (Lipinski definition) is 9. The maximum atomic E-state index is 12.8. The molecule has 4 aromatic rings. The second-order valence-corrected chi connectivity index (χ2v) is 10.9. The number of aliphatic hydroxyl groups is 1. The van der Waals surface area contributed by atoms with Crippen molar-refractivity contribution in [3.8, 4) is 28.6 Å². The zero-order chi connectivity index (χ0) is 33.8. The van der Waals surface area contributed by atoms with Crippen LogP contribution in [0.2, 0.25) is 0 Å². The number of hydrogen-bond donors (Lipinski definition) is 1. The highest BCUT2D eigenvalue weighted by Crippen LogP contribution is 2.36. The van der Waals surface area contributed by atoms with E-state index in [-0.39, 0.29) is 34.7 Å². The van der Waals surface area contributed by atoms with Crippen LogP contribution in [0.1, 0.15) is 11.1 Å². The van der Waals surface area contributed by atoms with Gasteiger partial charge in [0.05, 0.1) is 23.7 Å². The van der Waals surface area contributed by atoms with Crippen LogP contribution in [0.25, 0.3) is 17.1 Å². The van der Waals surface area contributed by atoms with Crippen molar-refractivity contribution in [2.24, 2.45) is 4.99 Å². The van der Waals surface area contributed by atoms with Crippen molar-refractivity contribution >= 4 is 28.5 Å². The number of halogens is 6. The van der Waals surface area contributed by atoms with E-state index in [4.69, 9.17) is 9.47 Å². The lowest BCUT2D eigenvalue weighted by atomic mass is 10.1. The Balaban J connectivity index is 1.17. The number of aromatic nitrogens is 3. The molecule has 1 aliphatic rings. The van der Waals surface area contributed by atoms with E-state index in [2.05, 4.69) is 19.8 Å². The fourth-order valence-corrected chi connectivity index (χ4v) is 5.21. The summed E-state index contributed by atoms with van der Waals surface area (Å²) in [6, 6.07) is 16.7. The van der Waals surface area contributed by atoms with Crippen molar-refractivity contribution in [1.29, 1.82) is 0 Å². The molecule has 47 heavy (non-hydrogen) atoms. The lowest BCUT2D eigenvalue weighted by molar-refractivity contribution is -0.274. The van der Waals surface area contributed by atoms with Crippen LogP contribution in [0.3, 0.4) is 0 Å². The Hall–Kier alpha value is -4.61. The Morgan fingerprint density at radius 1 is 1.02 bits per heavy atom. The molecule has 2 heterocycles. The summed E-state index contributed by atoms with van der Waals surface area (Å²) >= 11 is 1.00. The number of benzene rings is 3. The first-order chi connectivity index (χ1) is 22.2. The third-order valence-electron chi connectivity index (χ3n) is 6.43. The molecule has 0 radical (unpaired) electrons. The predicted molar refractivity (Wildman–Crippen MR) is 159 cm³/mol. The second-order valence-electron chi connectivity index (χ2n) is 10.0. The molecule has 1 aliphatic heterocycles. The van der Waals surface area contributed by atoms with Gasteiger partial charge in [-0.25, -0.2) is 14.7 Å². The molecule has 0 bridgehead atoms. The number of carbonyl (C=O) groups excluding carboxylic acids is 1. The quantitative estimate of drug-likeness (QED) is 0.151. The van der Waals surface area contributed by atoms with Crippen LogP contribution in [0.4, 0.5) is 32.0 Å². The van der Waals surface area contributed by atoms with Gasteiger partial charge in [-0.1, -0.05) is 42.1 Å². The SMILES string of the molecule is Cc1ccc(OCC(F)(F)F)c(N2C(=O)CSC2=NC(O)OCCc2ccc(-c3ncn(-c4ccc(OC(F)(F)F)cc4)n3)cc2)c1. The fraction of sp³-hybridized carbons (Fsp3) is 0.267. The van der Waals surface area contributed by atoms with E-state index < -0.39 is 31.5 Å². The minimum Gasteiger partial charge on any atom is -0.482 e. The van der Waals surface area contributed by atoms with Gasteiger partial charge in [-0.05, 0) is 60.9 Å². The Morgan fingerprint density at radius 2 is 1.74 bits per heavy atom. The number of alkyl halides is 6. The van der Waals surface area contributed by atoms with Crippen molar-refractivity contribution in [1.82, 2.24) is 14.8 Å². The van der Waals surface area contributed by atoms with Gasteiger partial charge < -0.3 is 19.3 Å². The molecular weight excluding hydrogens is 656 g/mol. The minimum atomic E-state index is -4.79. The number of aliphatic hydroxyl groups excluding tert-OH is 1. The summed E-state index contributed by atoms with van der Waals surface area (Å²) < 4.78 is 91.2. The number of aryl methyl sites for hydroxylation is 1. The predicted octanol–water partition coefficient (Wildman–Crippen LogP) is 6.05. The van der Waals surface area contributed by atoms with Crippen LogP contribution in [-0.2, 0) is 16.0 Å². The lowest BCUT2D eigenvalue weighted by Crippen LogP contribution is -2.31. The largest absolute Gasteiger partial charge is 0.573 e. The molecule has 248 valence electrons. The maximum Gasteiger partial charge on any atom is 0.573 e. The summed E-state index contributed by atoms with van der Waals surface area (Å²) in [5.41, 5.74) is 2.74. The molecule has 0 aliphatic carbocycles. The number of amidine groups is 1. The van der Waals surface area contributed by atoms with Gasteiger partial charge in [-0.15, -0.1) is 18.3 Å². The first kappa shape index (κ1) is 33.7. The average Bonchev–Trinajstić information content (AvgIpc) is 3.63. The number of ether oxygens (including phenoxy) is 3. The molecule has 1 aromatic heterocycles. The van der Waals surface area contributed by atoms with Gasteiger partial charge in [0.1, 0.15) is 17.8 Å². The van der Waals surface area contributed by atoms with Gasteiger partial charge in [0.25, 0.3) is 6.41 Å². The number of thioether (sulfide) groups is 1.